The third kappa shape index (κ3) is 6.90. The number of rotatable bonds is 10. The van der Waals surface area contributed by atoms with Crippen LogP contribution in [0.25, 0.3) is 0 Å². The van der Waals surface area contributed by atoms with E-state index in [1.165, 1.54) is 5.57 Å². The number of benzene rings is 1. The van der Waals surface area contributed by atoms with E-state index >= 15 is 0 Å². The van der Waals surface area contributed by atoms with Crippen LogP contribution >= 0.6 is 23.4 Å². The van der Waals surface area contributed by atoms with E-state index in [0.29, 0.717) is 13.0 Å². The van der Waals surface area contributed by atoms with Gasteiger partial charge in [-0.2, -0.15) is 0 Å². The fourth-order valence-electron chi connectivity index (χ4n) is 3.20. The van der Waals surface area contributed by atoms with Gasteiger partial charge in [-0.25, -0.2) is 4.98 Å². The summed E-state index contributed by atoms with van der Waals surface area (Å²) in [5, 5.41) is 11.5. The molecule has 1 heterocycles. The molecule has 0 bridgehead atoms. The van der Waals surface area contributed by atoms with Crippen LogP contribution in [0.1, 0.15) is 57.1 Å². The van der Waals surface area contributed by atoms with Gasteiger partial charge in [0.1, 0.15) is 10.9 Å². The van der Waals surface area contributed by atoms with Crippen molar-refractivity contribution in [3.63, 3.8) is 0 Å². The monoisotopic (exact) mass is 444 g/mol. The topological polar surface area (TPSA) is 38.0 Å². The van der Waals surface area contributed by atoms with Crippen molar-refractivity contribution in [3.05, 3.63) is 76.3 Å². The average Bonchev–Trinajstić information content (AvgIpc) is 2.99. The zero-order valence-corrected chi connectivity index (χ0v) is 20.2. The van der Waals surface area contributed by atoms with Crippen molar-refractivity contribution >= 4 is 23.4 Å². The summed E-state index contributed by atoms with van der Waals surface area (Å²) in [5.74, 6) is 1.19. The lowest BCUT2D eigenvalue weighted by Crippen LogP contribution is -2.08. The van der Waals surface area contributed by atoms with Crippen molar-refractivity contribution in [3.8, 4) is 0 Å². The van der Waals surface area contributed by atoms with Crippen LogP contribution in [0.2, 0.25) is 5.02 Å². The molecule has 0 unspecified atom stereocenters. The second-order valence-corrected chi connectivity index (χ2v) is 9.08. The van der Waals surface area contributed by atoms with Crippen molar-refractivity contribution < 1.29 is 5.11 Å². The predicted molar refractivity (Wildman–Crippen MR) is 130 cm³/mol. The lowest BCUT2D eigenvalue weighted by Gasteiger charge is -2.14. The van der Waals surface area contributed by atoms with E-state index in [1.54, 1.807) is 11.8 Å². The van der Waals surface area contributed by atoms with Crippen LogP contribution in [-0.2, 0) is 13.0 Å². The first-order chi connectivity index (χ1) is 14.4. The third-order valence-corrected chi connectivity index (χ3v) is 5.85. The van der Waals surface area contributed by atoms with Crippen molar-refractivity contribution in [1.82, 2.24) is 9.55 Å². The number of hydrogen-bond donors (Lipinski definition) is 1. The molecule has 2 aromatic rings. The van der Waals surface area contributed by atoms with Gasteiger partial charge in [0.2, 0.25) is 0 Å². The molecule has 30 heavy (non-hydrogen) atoms. The maximum absolute atomic E-state index is 9.64. The van der Waals surface area contributed by atoms with Crippen LogP contribution in [-0.4, -0.2) is 21.3 Å². The third-order valence-electron chi connectivity index (χ3n) is 4.54. The number of aliphatic hydroxyl groups is 1. The molecule has 0 spiro atoms. The number of allylic oxidation sites excluding steroid dienone is 6. The molecular formula is C25H33ClN2OS. The maximum atomic E-state index is 9.64. The Kier molecular flexibility index (Phi) is 9.96. The van der Waals surface area contributed by atoms with Gasteiger partial charge in [-0.15, -0.1) is 0 Å². The Morgan fingerprint density at radius 1 is 1.30 bits per heavy atom. The lowest BCUT2D eigenvalue weighted by atomic mass is 10.1. The van der Waals surface area contributed by atoms with Gasteiger partial charge in [0.15, 0.2) is 0 Å². The summed E-state index contributed by atoms with van der Waals surface area (Å²) in [4.78, 5) is 6.03. The smallest absolute Gasteiger partial charge is 0.112 e. The molecule has 0 saturated heterocycles. The van der Waals surface area contributed by atoms with Gasteiger partial charge in [-0.3, -0.25) is 0 Å². The van der Waals surface area contributed by atoms with Crippen molar-refractivity contribution in [2.45, 2.75) is 69.8 Å². The minimum absolute atomic E-state index is 0.0767. The summed E-state index contributed by atoms with van der Waals surface area (Å²) < 4.78 is 2.25. The highest BCUT2D eigenvalue weighted by Crippen LogP contribution is 2.37. The lowest BCUT2D eigenvalue weighted by molar-refractivity contribution is 0.294. The van der Waals surface area contributed by atoms with E-state index < -0.39 is 0 Å². The fourth-order valence-corrected chi connectivity index (χ4v) is 4.87. The van der Waals surface area contributed by atoms with Crippen LogP contribution in [0, 0.1) is 6.92 Å². The zero-order chi connectivity index (χ0) is 22.1. The van der Waals surface area contributed by atoms with E-state index in [4.69, 9.17) is 16.6 Å². The van der Waals surface area contributed by atoms with Crippen LogP contribution < -0.4 is 0 Å². The van der Waals surface area contributed by atoms with Crippen molar-refractivity contribution in [2.75, 3.05) is 6.61 Å². The summed E-state index contributed by atoms with van der Waals surface area (Å²) in [6.07, 6.45) is 12.1. The highest BCUT2D eigenvalue weighted by molar-refractivity contribution is 7.99. The van der Waals surface area contributed by atoms with Crippen LogP contribution in [0.5, 0.6) is 0 Å². The van der Waals surface area contributed by atoms with Crippen molar-refractivity contribution in [1.29, 1.82) is 0 Å². The SMILES string of the molecule is C\C=C/C(=C\C=C\CC)Cn1c(CCO)nc(C(C)C)c1Sc1cc(C)cc(Cl)c1. The van der Waals surface area contributed by atoms with Gasteiger partial charge in [-0.1, -0.05) is 74.5 Å². The molecule has 0 radical (unpaired) electrons. The highest BCUT2D eigenvalue weighted by atomic mass is 35.5. The number of aromatic nitrogens is 2. The number of nitrogens with zero attached hydrogens (tertiary/aromatic N) is 2. The Morgan fingerprint density at radius 3 is 2.67 bits per heavy atom. The van der Waals surface area contributed by atoms with E-state index in [9.17, 15) is 5.11 Å². The van der Waals surface area contributed by atoms with Crippen LogP contribution in [0.15, 0.2) is 64.1 Å². The van der Waals surface area contributed by atoms with Gasteiger partial charge < -0.3 is 9.67 Å². The Bertz CT molecular complexity index is 905. The van der Waals surface area contributed by atoms with Gasteiger partial charge in [0, 0.05) is 22.9 Å². The van der Waals surface area contributed by atoms with Gasteiger partial charge in [0.25, 0.3) is 0 Å². The summed E-state index contributed by atoms with van der Waals surface area (Å²) in [7, 11) is 0. The first-order valence-corrected chi connectivity index (χ1v) is 11.7. The number of halogens is 1. The molecule has 0 saturated carbocycles. The zero-order valence-electron chi connectivity index (χ0n) is 18.7. The summed E-state index contributed by atoms with van der Waals surface area (Å²) in [5.41, 5.74) is 3.39. The quantitative estimate of drug-likeness (QED) is 0.396. The molecule has 0 atom stereocenters. The molecule has 0 fully saturated rings. The van der Waals surface area contributed by atoms with Crippen molar-refractivity contribution in [2.24, 2.45) is 0 Å². The standard InChI is InChI=1S/C25H33ClN2OS/c1-6-8-9-11-20(10-7-2)17-28-23(12-13-29)27-24(18(3)4)25(28)30-22-15-19(5)14-21(26)16-22/h7-11,14-16,18,29H,6,12-13,17H2,1-5H3/b9-8+,10-7-,20-11+. The molecule has 5 heteroatoms. The molecule has 1 aromatic carbocycles. The molecule has 0 amide bonds. The van der Waals surface area contributed by atoms with Crippen LogP contribution in [0.3, 0.4) is 0 Å². The van der Waals surface area contributed by atoms with E-state index in [-0.39, 0.29) is 12.5 Å². The molecule has 0 aliphatic heterocycles. The second kappa shape index (κ2) is 12.2. The molecule has 162 valence electrons. The van der Waals surface area contributed by atoms with Gasteiger partial charge in [0.05, 0.1) is 12.3 Å². The fraction of sp³-hybridized carbons (Fsp3) is 0.400. The number of hydrogen-bond acceptors (Lipinski definition) is 3. The van der Waals surface area contributed by atoms with E-state index in [1.807, 2.05) is 19.1 Å². The second-order valence-electron chi connectivity index (χ2n) is 7.58. The largest absolute Gasteiger partial charge is 0.396 e. The Balaban J connectivity index is 2.57. The maximum Gasteiger partial charge on any atom is 0.112 e. The Labute approximate surface area is 190 Å². The first-order valence-electron chi connectivity index (χ1n) is 10.5. The predicted octanol–water partition coefficient (Wildman–Crippen LogP) is 7.12. The first kappa shape index (κ1) is 24.5. The number of imidazole rings is 1. The minimum Gasteiger partial charge on any atom is -0.396 e. The molecule has 0 aliphatic carbocycles. The molecule has 0 aliphatic rings. The van der Waals surface area contributed by atoms with E-state index in [0.717, 1.165) is 38.4 Å². The molecule has 1 N–H and O–H groups in total. The Hall–Kier alpha value is -1.75. The minimum atomic E-state index is 0.0767. The summed E-state index contributed by atoms with van der Waals surface area (Å²) in [6, 6.07) is 6.12. The summed E-state index contributed by atoms with van der Waals surface area (Å²) >= 11 is 8.01. The Morgan fingerprint density at radius 2 is 2.07 bits per heavy atom. The molecule has 3 nitrogen and oxygen atoms in total. The normalized spacial score (nSPS) is 12.7. The highest BCUT2D eigenvalue weighted by Gasteiger charge is 2.21. The molecular weight excluding hydrogens is 412 g/mol. The van der Waals surface area contributed by atoms with E-state index in [2.05, 4.69) is 68.7 Å². The number of aryl methyl sites for hydroxylation is 1. The van der Waals surface area contributed by atoms with Crippen LogP contribution in [0.4, 0.5) is 0 Å². The molecule has 1 aromatic heterocycles. The van der Waals surface area contributed by atoms with Gasteiger partial charge in [-0.05, 0) is 55.5 Å². The molecule has 2 rings (SSSR count). The summed E-state index contributed by atoms with van der Waals surface area (Å²) in [6.45, 7) is 11.3. The van der Waals surface area contributed by atoms with Gasteiger partial charge >= 0.3 is 0 Å². The number of aliphatic hydroxyl groups excluding tert-OH is 1. The average molecular weight is 445 g/mol.